The Bertz CT molecular complexity index is 81.0. The summed E-state index contributed by atoms with van der Waals surface area (Å²) in [5, 5.41) is 3.19. The molecule has 0 spiro atoms. The Morgan fingerprint density at radius 1 is 1.78 bits per heavy atom. The molecule has 1 fully saturated rings. The summed E-state index contributed by atoms with van der Waals surface area (Å²) in [5.74, 6) is 0.877. The van der Waals surface area contributed by atoms with Crippen LogP contribution >= 0.6 is 0 Å². The summed E-state index contributed by atoms with van der Waals surface area (Å²) in [5.41, 5.74) is 0. The maximum Gasteiger partial charge on any atom is 0.0573 e. The highest BCUT2D eigenvalue weighted by molar-refractivity contribution is 4.63. The van der Waals surface area contributed by atoms with Crippen LogP contribution in [0.4, 0.5) is 0 Å². The van der Waals surface area contributed by atoms with Gasteiger partial charge in [-0.1, -0.05) is 0 Å². The third kappa shape index (κ3) is 1.95. The van der Waals surface area contributed by atoms with E-state index in [9.17, 15) is 0 Å². The zero-order chi connectivity index (χ0) is 6.69. The van der Waals surface area contributed by atoms with Gasteiger partial charge < -0.3 is 10.2 Å². The Morgan fingerprint density at radius 2 is 2.56 bits per heavy atom. The standard InChI is InChI=1S/C7H16N2/c1-8-5-7-3-4-9(2)6-7/h7-9H,2-6H2,1H3/t7-/m0/s1. The van der Waals surface area contributed by atoms with Gasteiger partial charge >= 0.3 is 0 Å². The normalized spacial score (nSPS) is 35.3. The molecule has 0 aliphatic carbocycles. The van der Waals surface area contributed by atoms with E-state index < -0.39 is 0 Å². The van der Waals surface area contributed by atoms with Gasteiger partial charge in [-0.3, -0.25) is 0 Å². The van der Waals surface area contributed by atoms with E-state index in [-0.39, 0.29) is 0 Å². The molecule has 54 valence electrons. The van der Waals surface area contributed by atoms with Gasteiger partial charge in [0.25, 0.3) is 0 Å². The fraction of sp³-hybridized carbons (Fsp3) is 0.857. The number of rotatable bonds is 2. The highest BCUT2D eigenvalue weighted by Crippen LogP contribution is 2.00. The minimum absolute atomic E-state index is 0.877. The van der Waals surface area contributed by atoms with Crippen molar-refractivity contribution in [3.8, 4) is 0 Å². The molecule has 0 aromatic heterocycles. The van der Waals surface area contributed by atoms with E-state index in [2.05, 4.69) is 12.4 Å². The van der Waals surface area contributed by atoms with E-state index >= 15 is 0 Å². The topological polar surface area (TPSA) is 16.5 Å². The second-order valence-corrected chi connectivity index (χ2v) is 2.92. The molecule has 2 heteroatoms. The number of hydrogen-bond acceptors (Lipinski definition) is 1. The molecular formula is C7H16N2. The van der Waals surface area contributed by atoms with Gasteiger partial charge in [-0.25, -0.2) is 0 Å². The third-order valence-electron chi connectivity index (χ3n) is 1.98. The zero-order valence-electron chi connectivity index (χ0n) is 6.11. The van der Waals surface area contributed by atoms with Crippen LogP contribution in [0.25, 0.3) is 0 Å². The Morgan fingerprint density at radius 3 is 3.00 bits per heavy atom. The van der Waals surface area contributed by atoms with E-state index in [0.29, 0.717) is 0 Å². The van der Waals surface area contributed by atoms with Gasteiger partial charge in [0.1, 0.15) is 0 Å². The Balaban J connectivity index is 2.14. The number of quaternary nitrogens is 1. The van der Waals surface area contributed by atoms with Crippen LogP contribution in [-0.4, -0.2) is 26.7 Å². The van der Waals surface area contributed by atoms with Gasteiger partial charge in [0, 0.05) is 18.9 Å². The monoisotopic (exact) mass is 128 g/mol. The zero-order valence-corrected chi connectivity index (χ0v) is 6.11. The van der Waals surface area contributed by atoms with Crippen LogP contribution in [0.15, 0.2) is 0 Å². The predicted octanol–water partition coefficient (Wildman–Crippen LogP) is -1.10. The summed E-state index contributed by atoms with van der Waals surface area (Å²) in [6.45, 7) is 3.67. The van der Waals surface area contributed by atoms with E-state index in [1.807, 2.05) is 7.05 Å². The first-order valence-electron chi connectivity index (χ1n) is 3.64. The summed E-state index contributed by atoms with van der Waals surface area (Å²) < 4.78 is 0. The van der Waals surface area contributed by atoms with Crippen molar-refractivity contribution in [2.75, 3.05) is 26.7 Å². The van der Waals surface area contributed by atoms with Gasteiger partial charge in [0.15, 0.2) is 0 Å². The summed E-state index contributed by atoms with van der Waals surface area (Å²) >= 11 is 0. The van der Waals surface area contributed by atoms with Crippen LogP contribution in [0.3, 0.4) is 0 Å². The average Bonchev–Trinajstić information content (AvgIpc) is 2.17. The van der Waals surface area contributed by atoms with Crippen LogP contribution in [-0.2, 0) is 0 Å². The SMILES string of the molecule is [CH2-][NH+]1CC[C@@H](CNC)C1. The molecule has 0 aromatic rings. The van der Waals surface area contributed by atoms with Crippen LogP contribution in [0, 0.1) is 13.0 Å². The Hall–Kier alpha value is -0.0800. The molecule has 2 N–H and O–H groups in total. The molecule has 0 amide bonds. The number of likely N-dealkylation sites (tertiary alicyclic amines) is 1. The molecular weight excluding hydrogens is 112 g/mol. The van der Waals surface area contributed by atoms with E-state index in [0.717, 1.165) is 5.92 Å². The maximum atomic E-state index is 3.96. The van der Waals surface area contributed by atoms with E-state index in [4.69, 9.17) is 0 Å². The van der Waals surface area contributed by atoms with Crippen molar-refractivity contribution in [2.24, 2.45) is 5.92 Å². The van der Waals surface area contributed by atoms with Gasteiger partial charge in [0.2, 0.25) is 0 Å². The van der Waals surface area contributed by atoms with Crippen molar-refractivity contribution in [1.82, 2.24) is 5.32 Å². The molecule has 1 aliphatic heterocycles. The molecule has 0 radical (unpaired) electrons. The Labute approximate surface area is 57.2 Å². The second-order valence-electron chi connectivity index (χ2n) is 2.92. The van der Waals surface area contributed by atoms with Gasteiger partial charge in [-0.05, 0) is 7.05 Å². The molecule has 1 aliphatic rings. The van der Waals surface area contributed by atoms with E-state index in [1.54, 1.807) is 0 Å². The minimum Gasteiger partial charge on any atom is -0.468 e. The van der Waals surface area contributed by atoms with Crippen LogP contribution in [0.2, 0.25) is 0 Å². The summed E-state index contributed by atoms with van der Waals surface area (Å²) in [4.78, 5) is 1.44. The van der Waals surface area contributed by atoms with Crippen molar-refractivity contribution in [3.63, 3.8) is 0 Å². The molecule has 1 unspecified atom stereocenters. The van der Waals surface area contributed by atoms with Crippen LogP contribution in [0.1, 0.15) is 6.42 Å². The first kappa shape index (κ1) is 7.03. The fourth-order valence-electron chi connectivity index (χ4n) is 1.48. The maximum absolute atomic E-state index is 3.96. The van der Waals surface area contributed by atoms with Crippen LogP contribution in [0.5, 0.6) is 0 Å². The molecule has 1 heterocycles. The molecule has 2 nitrogen and oxygen atoms in total. The van der Waals surface area contributed by atoms with Crippen molar-refractivity contribution < 1.29 is 4.90 Å². The lowest BCUT2D eigenvalue weighted by Gasteiger charge is -2.12. The molecule has 1 saturated heterocycles. The summed E-state index contributed by atoms with van der Waals surface area (Å²) in [6, 6.07) is 0. The predicted molar refractivity (Wildman–Crippen MR) is 38.1 cm³/mol. The van der Waals surface area contributed by atoms with Crippen LogP contribution < -0.4 is 10.2 Å². The van der Waals surface area contributed by atoms with Crippen molar-refractivity contribution in [2.45, 2.75) is 6.42 Å². The fourth-order valence-corrected chi connectivity index (χ4v) is 1.48. The number of nitrogens with one attached hydrogen (secondary N) is 2. The average molecular weight is 128 g/mol. The van der Waals surface area contributed by atoms with E-state index in [1.165, 1.54) is 31.0 Å². The lowest BCUT2D eigenvalue weighted by atomic mass is 10.1. The molecule has 1 rings (SSSR count). The highest BCUT2D eigenvalue weighted by atomic mass is 15.1. The Kier molecular flexibility index (Phi) is 2.49. The molecule has 0 aromatic carbocycles. The van der Waals surface area contributed by atoms with Crippen molar-refractivity contribution >= 4 is 0 Å². The largest absolute Gasteiger partial charge is 0.468 e. The molecule has 2 atom stereocenters. The van der Waals surface area contributed by atoms with Gasteiger partial charge in [0.05, 0.1) is 13.1 Å². The first-order chi connectivity index (χ1) is 4.33. The van der Waals surface area contributed by atoms with Crippen molar-refractivity contribution in [3.05, 3.63) is 7.05 Å². The van der Waals surface area contributed by atoms with Gasteiger partial charge in [-0.15, -0.1) is 0 Å². The second kappa shape index (κ2) is 3.18. The summed E-state index contributed by atoms with van der Waals surface area (Å²) in [6.07, 6.45) is 1.35. The molecule has 9 heavy (non-hydrogen) atoms. The smallest absolute Gasteiger partial charge is 0.0573 e. The van der Waals surface area contributed by atoms with Crippen molar-refractivity contribution in [1.29, 1.82) is 0 Å². The lowest BCUT2D eigenvalue weighted by Crippen LogP contribution is -3.04. The first-order valence-corrected chi connectivity index (χ1v) is 3.64. The minimum atomic E-state index is 0.877. The quantitative estimate of drug-likeness (QED) is 0.451. The number of hydrogen-bond donors (Lipinski definition) is 2. The molecule has 0 saturated carbocycles. The third-order valence-corrected chi connectivity index (χ3v) is 1.98. The highest BCUT2D eigenvalue weighted by Gasteiger charge is 2.18. The van der Waals surface area contributed by atoms with Gasteiger partial charge in [-0.2, -0.15) is 7.05 Å². The summed E-state index contributed by atoms with van der Waals surface area (Å²) in [7, 11) is 5.97. The lowest BCUT2D eigenvalue weighted by molar-refractivity contribution is -0.841. The molecule has 0 bridgehead atoms.